The maximum Gasteiger partial charge on any atom is 0.416 e. The van der Waals surface area contributed by atoms with Crippen LogP contribution in [0.1, 0.15) is 71.2 Å². The highest BCUT2D eigenvalue weighted by Crippen LogP contribution is 2.56. The second kappa shape index (κ2) is 16.2. The van der Waals surface area contributed by atoms with Crippen molar-refractivity contribution in [2.75, 3.05) is 52.5 Å². The lowest BCUT2D eigenvalue weighted by molar-refractivity contribution is -0.137. The largest absolute Gasteiger partial charge is 0.461 e. The lowest BCUT2D eigenvalue weighted by Gasteiger charge is -2.39. The lowest BCUT2D eigenvalue weighted by Crippen LogP contribution is -2.48. The highest BCUT2D eigenvalue weighted by atomic mass is 31.2. The molecule has 6 rings (SSSR count). The SMILES string of the molecule is CCC1(CC)COP(=O)(c2c(C)nc(C)c(C(=O)OCCN3CCN(C(c4ccccc4)c4ccccc4)CC3)c2-c2cccc(C(F)(F)F)c2)OC1. The zero-order valence-corrected chi connectivity index (χ0v) is 31.6. The number of carbonyl (C=O) groups is 1. The summed E-state index contributed by atoms with van der Waals surface area (Å²) in [6, 6.07) is 25.6. The molecule has 4 aromatic rings. The predicted octanol–water partition coefficient (Wildman–Crippen LogP) is 8.62. The van der Waals surface area contributed by atoms with Crippen molar-refractivity contribution in [3.05, 3.63) is 119 Å². The van der Waals surface area contributed by atoms with Gasteiger partial charge in [-0.2, -0.15) is 13.2 Å². The number of carbonyl (C=O) groups excluding carboxylic acids is 1. The van der Waals surface area contributed by atoms with Crippen LogP contribution in [0.2, 0.25) is 0 Å². The summed E-state index contributed by atoms with van der Waals surface area (Å²) in [5, 5.41) is -0.0160. The van der Waals surface area contributed by atoms with Gasteiger partial charge in [0.05, 0.1) is 47.1 Å². The minimum atomic E-state index is -4.65. The van der Waals surface area contributed by atoms with E-state index in [0.29, 0.717) is 6.54 Å². The maximum atomic E-state index is 14.5. The summed E-state index contributed by atoms with van der Waals surface area (Å²) in [5.74, 6) is -0.768. The van der Waals surface area contributed by atoms with E-state index < -0.39 is 25.3 Å². The van der Waals surface area contributed by atoms with E-state index in [-0.39, 0.29) is 64.7 Å². The first-order valence-electron chi connectivity index (χ1n) is 18.2. The summed E-state index contributed by atoms with van der Waals surface area (Å²) < 4.78 is 74.3. The fraction of sp³-hybridized carbons (Fsp3) is 0.415. The van der Waals surface area contributed by atoms with E-state index in [9.17, 15) is 22.5 Å². The Labute approximate surface area is 309 Å². The number of piperazine rings is 1. The first kappa shape index (κ1) is 38.9. The van der Waals surface area contributed by atoms with Crippen molar-refractivity contribution < 1.29 is 36.3 Å². The molecule has 12 heteroatoms. The molecule has 0 radical (unpaired) electrons. The average Bonchev–Trinajstić information content (AvgIpc) is 3.16. The van der Waals surface area contributed by atoms with Crippen molar-refractivity contribution in [2.24, 2.45) is 5.41 Å². The molecule has 8 nitrogen and oxygen atoms in total. The third kappa shape index (κ3) is 8.45. The van der Waals surface area contributed by atoms with Gasteiger partial charge in [-0.15, -0.1) is 0 Å². The van der Waals surface area contributed by atoms with Crippen LogP contribution in [0.25, 0.3) is 11.1 Å². The predicted molar refractivity (Wildman–Crippen MR) is 199 cm³/mol. The third-order valence-corrected chi connectivity index (χ3v) is 12.7. The van der Waals surface area contributed by atoms with E-state index in [1.807, 2.05) is 26.0 Å². The van der Waals surface area contributed by atoms with Gasteiger partial charge in [0.25, 0.3) is 0 Å². The molecule has 2 aliphatic rings. The Hall–Kier alpha value is -3.86. The molecule has 0 amide bonds. The van der Waals surface area contributed by atoms with Crippen molar-refractivity contribution >= 4 is 18.9 Å². The summed E-state index contributed by atoms with van der Waals surface area (Å²) in [7, 11) is -4.13. The van der Waals surface area contributed by atoms with Gasteiger partial charge in [0.2, 0.25) is 0 Å². The number of pyridine rings is 1. The first-order chi connectivity index (χ1) is 25.4. The number of aromatic nitrogens is 1. The molecule has 3 heterocycles. The van der Waals surface area contributed by atoms with Crippen LogP contribution in [0.5, 0.6) is 0 Å². The highest BCUT2D eigenvalue weighted by molar-refractivity contribution is 7.62. The normalized spacial score (nSPS) is 17.9. The Balaban J connectivity index is 1.23. The van der Waals surface area contributed by atoms with Gasteiger partial charge in [0.15, 0.2) is 0 Å². The lowest BCUT2D eigenvalue weighted by atomic mass is 9.84. The minimum Gasteiger partial charge on any atom is -0.461 e. The van der Waals surface area contributed by atoms with Crippen molar-refractivity contribution in [1.82, 2.24) is 14.8 Å². The Morgan fingerprint density at radius 1 is 0.868 bits per heavy atom. The first-order valence-corrected chi connectivity index (χ1v) is 19.7. The molecule has 282 valence electrons. The van der Waals surface area contributed by atoms with Crippen LogP contribution >= 0.6 is 7.60 Å². The number of benzene rings is 3. The number of halogens is 3. The van der Waals surface area contributed by atoms with Gasteiger partial charge < -0.3 is 13.8 Å². The van der Waals surface area contributed by atoms with Crippen molar-refractivity contribution in [2.45, 2.75) is 52.8 Å². The molecule has 1 aromatic heterocycles. The molecule has 2 saturated heterocycles. The molecule has 0 aliphatic carbocycles. The van der Waals surface area contributed by atoms with E-state index in [0.717, 1.165) is 51.2 Å². The van der Waals surface area contributed by atoms with E-state index >= 15 is 0 Å². The van der Waals surface area contributed by atoms with Crippen LogP contribution in [-0.4, -0.2) is 73.3 Å². The fourth-order valence-electron chi connectivity index (χ4n) is 7.34. The number of ether oxygens (including phenoxy) is 1. The summed E-state index contributed by atoms with van der Waals surface area (Å²) in [6.07, 6.45) is -3.20. The van der Waals surface area contributed by atoms with E-state index in [4.69, 9.17) is 13.8 Å². The number of rotatable bonds is 11. The molecule has 53 heavy (non-hydrogen) atoms. The standard InChI is InChI=1S/C41H47F3N3O5P/c1-5-40(6-2)27-51-53(49,52-28-40)38-30(4)45-29(3)35(36(38)33-18-13-19-34(26-33)41(42,43)44)39(48)50-25-24-46-20-22-47(23-21-46)37(31-14-9-7-10-15-31)32-16-11-8-12-17-32/h7-19,26,37H,5-6,20-25,27-28H2,1-4H3. The summed E-state index contributed by atoms with van der Waals surface area (Å²) >= 11 is 0. The molecule has 0 spiro atoms. The molecular weight excluding hydrogens is 702 g/mol. The van der Waals surface area contributed by atoms with Crippen LogP contribution in [0.15, 0.2) is 84.9 Å². The highest BCUT2D eigenvalue weighted by Gasteiger charge is 2.45. The van der Waals surface area contributed by atoms with E-state index in [1.54, 1.807) is 13.8 Å². The Bertz CT molecular complexity index is 1880. The topological polar surface area (TPSA) is 81.2 Å². The quantitative estimate of drug-likeness (QED) is 0.111. The van der Waals surface area contributed by atoms with Crippen molar-refractivity contribution in [3.63, 3.8) is 0 Å². The number of nitrogens with zero attached hydrogens (tertiary/aromatic N) is 3. The van der Waals surface area contributed by atoms with E-state index in [2.05, 4.69) is 63.3 Å². The monoisotopic (exact) mass is 749 g/mol. The van der Waals surface area contributed by atoms with Crippen molar-refractivity contribution in [1.29, 1.82) is 0 Å². The van der Waals surface area contributed by atoms with Gasteiger partial charge in [-0.3, -0.25) is 19.3 Å². The maximum absolute atomic E-state index is 14.5. The van der Waals surface area contributed by atoms with Gasteiger partial charge in [-0.25, -0.2) is 4.79 Å². The van der Waals surface area contributed by atoms with Gasteiger partial charge in [-0.05, 0) is 55.5 Å². The van der Waals surface area contributed by atoms with Crippen LogP contribution < -0.4 is 5.30 Å². The average molecular weight is 750 g/mol. The molecule has 2 fully saturated rings. The molecular formula is C41H47F3N3O5P. The fourth-order valence-corrected chi connectivity index (χ4v) is 9.52. The van der Waals surface area contributed by atoms with Crippen LogP contribution in [0, 0.1) is 19.3 Å². The number of hydrogen-bond acceptors (Lipinski definition) is 8. The van der Waals surface area contributed by atoms with Gasteiger partial charge in [-0.1, -0.05) is 86.6 Å². The summed E-state index contributed by atoms with van der Waals surface area (Å²) in [4.78, 5) is 23.2. The Morgan fingerprint density at radius 3 is 2.00 bits per heavy atom. The zero-order chi connectivity index (χ0) is 37.8. The van der Waals surface area contributed by atoms with Crippen LogP contribution in [0.4, 0.5) is 13.2 Å². The number of esters is 1. The van der Waals surface area contributed by atoms with Gasteiger partial charge in [0, 0.05) is 43.7 Å². The molecule has 0 N–H and O–H groups in total. The molecule has 3 aromatic carbocycles. The second-order valence-corrected chi connectivity index (χ2v) is 15.9. The second-order valence-electron chi connectivity index (χ2n) is 13.9. The van der Waals surface area contributed by atoms with Gasteiger partial charge in [0.1, 0.15) is 6.61 Å². The van der Waals surface area contributed by atoms with Gasteiger partial charge >= 0.3 is 19.7 Å². The zero-order valence-electron chi connectivity index (χ0n) is 30.7. The Kier molecular flexibility index (Phi) is 11.9. The molecule has 0 unspecified atom stereocenters. The smallest absolute Gasteiger partial charge is 0.416 e. The van der Waals surface area contributed by atoms with Crippen molar-refractivity contribution in [3.8, 4) is 11.1 Å². The third-order valence-electron chi connectivity index (χ3n) is 10.7. The number of hydrogen-bond donors (Lipinski definition) is 0. The van der Waals surface area contributed by atoms with Crippen LogP contribution in [-0.2, 0) is 24.5 Å². The van der Waals surface area contributed by atoms with E-state index in [1.165, 1.54) is 23.3 Å². The molecule has 2 aliphatic heterocycles. The summed E-state index contributed by atoms with van der Waals surface area (Å²) in [5.41, 5.74) is 1.68. The molecule has 0 bridgehead atoms. The Morgan fingerprint density at radius 2 is 1.45 bits per heavy atom. The molecule has 0 atom stereocenters. The van der Waals surface area contributed by atoms with Crippen LogP contribution in [0.3, 0.4) is 0 Å². The molecule has 0 saturated carbocycles. The number of aryl methyl sites for hydroxylation is 2. The summed E-state index contributed by atoms with van der Waals surface area (Å²) in [6.45, 7) is 11.1. The number of alkyl halides is 3. The minimum absolute atomic E-state index is 0.0160.